The summed E-state index contributed by atoms with van der Waals surface area (Å²) in [4.78, 5) is 12.5. The molecule has 0 aliphatic rings. The van der Waals surface area contributed by atoms with Crippen LogP contribution in [0.2, 0.25) is 0 Å². The van der Waals surface area contributed by atoms with Crippen LogP contribution in [0.5, 0.6) is 11.5 Å². The molecule has 0 amide bonds. The molecule has 3 aromatic rings. The van der Waals surface area contributed by atoms with Crippen LogP contribution in [0.3, 0.4) is 0 Å². The van der Waals surface area contributed by atoms with Gasteiger partial charge in [-0.05, 0) is 48.0 Å². The van der Waals surface area contributed by atoms with Crippen LogP contribution < -0.4 is 0 Å². The standard InChI is InChI=1S/C20H16O4/c21-16-8-10-19(22)15(12-16)7-9-20(23)18-6-2-1-4-14(18)13-17-5-3-11-24-17/h1-12,21-22H,13H2/b9-7+. The summed E-state index contributed by atoms with van der Waals surface area (Å²) in [6.07, 6.45) is 5.00. The Kier molecular flexibility index (Phi) is 4.47. The predicted octanol–water partition coefficient (Wildman–Crippen LogP) is 4.18. The summed E-state index contributed by atoms with van der Waals surface area (Å²) in [6.45, 7) is 0. The normalized spacial score (nSPS) is 11.0. The van der Waals surface area contributed by atoms with Gasteiger partial charge in [0.25, 0.3) is 0 Å². The number of phenolic OH excluding ortho intramolecular Hbond substituents is 2. The van der Waals surface area contributed by atoms with Crippen molar-refractivity contribution in [3.05, 3.63) is 89.4 Å². The fourth-order valence-corrected chi connectivity index (χ4v) is 2.45. The van der Waals surface area contributed by atoms with Gasteiger partial charge in [-0.15, -0.1) is 0 Å². The van der Waals surface area contributed by atoms with Crippen molar-refractivity contribution in [2.24, 2.45) is 0 Å². The lowest BCUT2D eigenvalue weighted by Crippen LogP contribution is -2.01. The highest BCUT2D eigenvalue weighted by molar-refractivity contribution is 6.08. The van der Waals surface area contributed by atoms with E-state index >= 15 is 0 Å². The van der Waals surface area contributed by atoms with Crippen molar-refractivity contribution in [1.29, 1.82) is 0 Å². The van der Waals surface area contributed by atoms with Crippen molar-refractivity contribution in [1.82, 2.24) is 0 Å². The first kappa shape index (κ1) is 15.6. The van der Waals surface area contributed by atoms with E-state index in [-0.39, 0.29) is 17.3 Å². The fourth-order valence-electron chi connectivity index (χ4n) is 2.45. The highest BCUT2D eigenvalue weighted by Crippen LogP contribution is 2.24. The Balaban J connectivity index is 1.85. The molecule has 3 rings (SSSR count). The topological polar surface area (TPSA) is 70.7 Å². The number of ketones is 1. The van der Waals surface area contributed by atoms with E-state index in [0.29, 0.717) is 17.5 Å². The second kappa shape index (κ2) is 6.87. The average molecular weight is 320 g/mol. The van der Waals surface area contributed by atoms with E-state index in [1.165, 1.54) is 30.4 Å². The van der Waals surface area contributed by atoms with E-state index in [0.717, 1.165) is 11.3 Å². The molecule has 0 aliphatic heterocycles. The SMILES string of the molecule is O=C(/C=C/c1cc(O)ccc1O)c1ccccc1Cc1ccco1. The number of carbonyl (C=O) groups is 1. The van der Waals surface area contributed by atoms with Gasteiger partial charge in [0.1, 0.15) is 17.3 Å². The van der Waals surface area contributed by atoms with Crippen molar-refractivity contribution in [2.45, 2.75) is 6.42 Å². The van der Waals surface area contributed by atoms with Gasteiger partial charge in [-0.2, -0.15) is 0 Å². The van der Waals surface area contributed by atoms with Crippen LogP contribution >= 0.6 is 0 Å². The number of benzene rings is 2. The van der Waals surface area contributed by atoms with Crippen LogP contribution in [0.1, 0.15) is 27.2 Å². The van der Waals surface area contributed by atoms with Gasteiger partial charge in [0.2, 0.25) is 0 Å². The van der Waals surface area contributed by atoms with Crippen molar-refractivity contribution in [3.8, 4) is 11.5 Å². The Bertz CT molecular complexity index is 876. The maximum absolute atomic E-state index is 12.5. The van der Waals surface area contributed by atoms with Gasteiger partial charge in [0.05, 0.1) is 6.26 Å². The minimum atomic E-state index is -0.181. The predicted molar refractivity (Wildman–Crippen MR) is 91.1 cm³/mol. The molecule has 1 heterocycles. The minimum absolute atomic E-state index is 0.000667. The Labute approximate surface area is 139 Å². The molecule has 120 valence electrons. The zero-order valence-corrected chi connectivity index (χ0v) is 12.8. The van der Waals surface area contributed by atoms with Gasteiger partial charge in [0.15, 0.2) is 5.78 Å². The quantitative estimate of drug-likeness (QED) is 0.420. The molecule has 0 spiro atoms. The second-order valence-electron chi connectivity index (χ2n) is 5.35. The zero-order valence-electron chi connectivity index (χ0n) is 12.8. The summed E-state index contributed by atoms with van der Waals surface area (Å²) >= 11 is 0. The largest absolute Gasteiger partial charge is 0.508 e. The molecule has 0 atom stereocenters. The van der Waals surface area contributed by atoms with Gasteiger partial charge in [0, 0.05) is 17.5 Å². The Morgan fingerprint density at radius 1 is 1.04 bits per heavy atom. The van der Waals surface area contributed by atoms with Gasteiger partial charge >= 0.3 is 0 Å². The van der Waals surface area contributed by atoms with Crippen molar-refractivity contribution >= 4 is 11.9 Å². The number of hydrogen-bond donors (Lipinski definition) is 2. The molecule has 0 saturated carbocycles. The lowest BCUT2D eigenvalue weighted by molar-refractivity contribution is 0.104. The molecule has 0 saturated heterocycles. The van der Waals surface area contributed by atoms with Crippen molar-refractivity contribution in [2.75, 3.05) is 0 Å². The minimum Gasteiger partial charge on any atom is -0.508 e. The van der Waals surface area contributed by atoms with Crippen LogP contribution in [-0.4, -0.2) is 16.0 Å². The number of allylic oxidation sites excluding steroid dienone is 1. The third kappa shape index (κ3) is 3.55. The third-order valence-electron chi connectivity index (χ3n) is 3.65. The second-order valence-corrected chi connectivity index (χ2v) is 5.35. The molecule has 0 fully saturated rings. The molecular weight excluding hydrogens is 304 g/mol. The number of hydrogen-bond acceptors (Lipinski definition) is 4. The summed E-state index contributed by atoms with van der Waals surface area (Å²) in [5.74, 6) is 0.628. The first-order valence-electron chi connectivity index (χ1n) is 7.48. The third-order valence-corrected chi connectivity index (χ3v) is 3.65. The van der Waals surface area contributed by atoms with Crippen LogP contribution in [-0.2, 0) is 6.42 Å². The number of carbonyl (C=O) groups excluding carboxylic acids is 1. The maximum Gasteiger partial charge on any atom is 0.186 e. The molecule has 0 aliphatic carbocycles. The lowest BCUT2D eigenvalue weighted by Gasteiger charge is -2.05. The Morgan fingerprint density at radius 2 is 1.88 bits per heavy atom. The highest BCUT2D eigenvalue weighted by atomic mass is 16.3. The van der Waals surface area contributed by atoms with Crippen LogP contribution in [0.25, 0.3) is 6.08 Å². The maximum atomic E-state index is 12.5. The first-order chi connectivity index (χ1) is 11.6. The highest BCUT2D eigenvalue weighted by Gasteiger charge is 2.10. The molecule has 0 bridgehead atoms. The van der Waals surface area contributed by atoms with Crippen LogP contribution in [0.4, 0.5) is 0 Å². The molecule has 0 radical (unpaired) electrons. The smallest absolute Gasteiger partial charge is 0.186 e. The Hall–Kier alpha value is -3.27. The molecule has 2 aromatic carbocycles. The first-order valence-corrected chi connectivity index (χ1v) is 7.48. The fraction of sp³-hybridized carbons (Fsp3) is 0.0500. The van der Waals surface area contributed by atoms with Crippen LogP contribution in [0, 0.1) is 0 Å². The van der Waals surface area contributed by atoms with Gasteiger partial charge in [-0.25, -0.2) is 0 Å². The van der Waals surface area contributed by atoms with E-state index in [2.05, 4.69) is 0 Å². The zero-order chi connectivity index (χ0) is 16.9. The molecule has 1 aromatic heterocycles. The van der Waals surface area contributed by atoms with E-state index in [1.54, 1.807) is 18.4 Å². The number of furan rings is 1. The monoisotopic (exact) mass is 320 g/mol. The summed E-state index contributed by atoms with van der Waals surface area (Å²) in [5, 5.41) is 19.2. The van der Waals surface area contributed by atoms with E-state index < -0.39 is 0 Å². The summed E-state index contributed by atoms with van der Waals surface area (Å²) in [7, 11) is 0. The molecule has 2 N–H and O–H groups in total. The average Bonchev–Trinajstić information content (AvgIpc) is 3.09. The van der Waals surface area contributed by atoms with Gasteiger partial charge in [-0.1, -0.05) is 24.3 Å². The van der Waals surface area contributed by atoms with Gasteiger partial charge in [-0.3, -0.25) is 4.79 Å². The van der Waals surface area contributed by atoms with E-state index in [9.17, 15) is 15.0 Å². The molecular formula is C20H16O4. The molecule has 4 nitrogen and oxygen atoms in total. The van der Waals surface area contributed by atoms with Crippen molar-refractivity contribution in [3.63, 3.8) is 0 Å². The lowest BCUT2D eigenvalue weighted by atomic mass is 9.99. The number of rotatable bonds is 5. The summed E-state index contributed by atoms with van der Waals surface area (Å²) in [5.41, 5.74) is 1.82. The molecule has 0 unspecified atom stereocenters. The summed E-state index contributed by atoms with van der Waals surface area (Å²) in [6, 6.07) is 15.2. The van der Waals surface area contributed by atoms with E-state index in [1.807, 2.05) is 24.3 Å². The van der Waals surface area contributed by atoms with Crippen LogP contribution in [0.15, 0.2) is 71.4 Å². The summed E-state index contributed by atoms with van der Waals surface area (Å²) < 4.78 is 5.34. The van der Waals surface area contributed by atoms with Crippen molar-refractivity contribution < 1.29 is 19.4 Å². The number of aromatic hydroxyl groups is 2. The van der Waals surface area contributed by atoms with E-state index in [4.69, 9.17) is 4.42 Å². The Morgan fingerprint density at radius 3 is 2.67 bits per heavy atom. The molecule has 4 heteroatoms. The number of phenols is 2. The van der Waals surface area contributed by atoms with Gasteiger partial charge < -0.3 is 14.6 Å². The molecule has 24 heavy (non-hydrogen) atoms.